The maximum Gasteiger partial charge on any atom is 0.280 e. The van der Waals surface area contributed by atoms with Crippen LogP contribution in [0, 0.1) is 18.3 Å². The molecule has 0 unspecified atom stereocenters. The quantitative estimate of drug-likeness (QED) is 0.819. The van der Waals surface area contributed by atoms with Gasteiger partial charge in [-0.3, -0.25) is 4.98 Å². The Balaban J connectivity index is 3.22. The van der Waals surface area contributed by atoms with Crippen molar-refractivity contribution in [3.05, 3.63) is 27.5 Å². The summed E-state index contributed by atoms with van der Waals surface area (Å²) in [5.74, 6) is 0. The van der Waals surface area contributed by atoms with Crippen LogP contribution in [0.2, 0.25) is 0 Å². The average molecular weight is 261 g/mol. The monoisotopic (exact) mass is 260 g/mol. The Kier molecular flexibility index (Phi) is 3.53. The Hall–Kier alpha value is -1.02. The molecule has 0 bridgehead atoms. The second kappa shape index (κ2) is 4.47. The third-order valence-electron chi connectivity index (χ3n) is 1.71. The van der Waals surface area contributed by atoms with Crippen LogP contribution in [0.1, 0.15) is 23.4 Å². The molecule has 5 heteroatoms. The van der Waals surface area contributed by atoms with E-state index in [2.05, 4.69) is 20.9 Å². The van der Waals surface area contributed by atoms with Gasteiger partial charge in [0.2, 0.25) is 0 Å². The maximum atomic E-state index is 12.3. The minimum atomic E-state index is -2.60. The molecule has 14 heavy (non-hydrogen) atoms. The van der Waals surface area contributed by atoms with Gasteiger partial charge in [-0.1, -0.05) is 0 Å². The summed E-state index contributed by atoms with van der Waals surface area (Å²) < 4.78 is 25.3. The standard InChI is InChI=1S/C9H7BrF2N2/c1-5-8(10)6(2-3-13)4-7(14-5)9(11)12/h4,9H,2H2,1H3. The molecule has 1 rings (SSSR count). The van der Waals surface area contributed by atoms with E-state index in [1.807, 2.05) is 6.07 Å². The minimum Gasteiger partial charge on any atom is -0.251 e. The lowest BCUT2D eigenvalue weighted by Gasteiger charge is -2.06. The third kappa shape index (κ3) is 2.26. The van der Waals surface area contributed by atoms with Gasteiger partial charge < -0.3 is 0 Å². The molecule has 0 saturated heterocycles. The highest BCUT2D eigenvalue weighted by atomic mass is 79.9. The molecule has 1 aromatic rings. The topological polar surface area (TPSA) is 36.7 Å². The molecular weight excluding hydrogens is 254 g/mol. The van der Waals surface area contributed by atoms with Crippen molar-refractivity contribution in [3.8, 4) is 6.07 Å². The first kappa shape index (κ1) is 11.1. The molecule has 0 atom stereocenters. The normalized spacial score (nSPS) is 10.3. The van der Waals surface area contributed by atoms with Crippen molar-refractivity contribution in [2.75, 3.05) is 0 Å². The Morgan fingerprint density at radius 1 is 1.64 bits per heavy atom. The van der Waals surface area contributed by atoms with Crippen molar-refractivity contribution in [2.45, 2.75) is 19.8 Å². The van der Waals surface area contributed by atoms with Crippen LogP contribution in [0.5, 0.6) is 0 Å². The van der Waals surface area contributed by atoms with Crippen molar-refractivity contribution in [1.82, 2.24) is 4.98 Å². The van der Waals surface area contributed by atoms with Crippen LogP contribution >= 0.6 is 15.9 Å². The number of halogens is 3. The average Bonchev–Trinajstić information content (AvgIpc) is 2.12. The molecule has 0 aliphatic heterocycles. The molecule has 0 aromatic carbocycles. The van der Waals surface area contributed by atoms with E-state index in [0.717, 1.165) is 0 Å². The molecule has 0 aliphatic rings. The van der Waals surface area contributed by atoms with Gasteiger partial charge >= 0.3 is 0 Å². The predicted molar refractivity (Wildman–Crippen MR) is 50.9 cm³/mol. The van der Waals surface area contributed by atoms with Crippen molar-refractivity contribution >= 4 is 15.9 Å². The second-order valence-corrected chi connectivity index (χ2v) is 3.53. The molecule has 0 radical (unpaired) electrons. The molecular formula is C9H7BrF2N2. The van der Waals surface area contributed by atoms with E-state index in [-0.39, 0.29) is 12.1 Å². The maximum absolute atomic E-state index is 12.3. The van der Waals surface area contributed by atoms with E-state index in [1.165, 1.54) is 6.07 Å². The smallest absolute Gasteiger partial charge is 0.251 e. The molecule has 0 N–H and O–H groups in total. The van der Waals surface area contributed by atoms with Gasteiger partial charge in [-0.2, -0.15) is 5.26 Å². The van der Waals surface area contributed by atoms with Gasteiger partial charge in [0.1, 0.15) is 5.69 Å². The van der Waals surface area contributed by atoms with E-state index < -0.39 is 6.43 Å². The van der Waals surface area contributed by atoms with Crippen LogP contribution in [-0.4, -0.2) is 4.98 Å². The van der Waals surface area contributed by atoms with Crippen LogP contribution in [0.4, 0.5) is 8.78 Å². The number of hydrogen-bond acceptors (Lipinski definition) is 2. The van der Waals surface area contributed by atoms with Crippen LogP contribution in [-0.2, 0) is 6.42 Å². The Morgan fingerprint density at radius 3 is 2.79 bits per heavy atom. The zero-order valence-electron chi connectivity index (χ0n) is 7.39. The molecule has 2 nitrogen and oxygen atoms in total. The molecule has 74 valence electrons. The molecule has 0 amide bonds. The van der Waals surface area contributed by atoms with Crippen molar-refractivity contribution in [1.29, 1.82) is 5.26 Å². The van der Waals surface area contributed by atoms with Gasteiger partial charge in [0.15, 0.2) is 0 Å². The summed E-state index contributed by atoms with van der Waals surface area (Å²) in [6.07, 6.45) is -2.50. The van der Waals surface area contributed by atoms with Gasteiger partial charge in [0.25, 0.3) is 6.43 Å². The first-order valence-corrected chi connectivity index (χ1v) is 4.66. The van der Waals surface area contributed by atoms with Crippen LogP contribution in [0.3, 0.4) is 0 Å². The number of nitrogens with zero attached hydrogens (tertiary/aromatic N) is 2. The summed E-state index contributed by atoms with van der Waals surface area (Å²) in [7, 11) is 0. The van der Waals surface area contributed by atoms with Crippen molar-refractivity contribution in [2.24, 2.45) is 0 Å². The van der Waals surface area contributed by atoms with E-state index >= 15 is 0 Å². The Morgan fingerprint density at radius 2 is 2.29 bits per heavy atom. The van der Waals surface area contributed by atoms with Crippen molar-refractivity contribution < 1.29 is 8.78 Å². The SMILES string of the molecule is Cc1nc(C(F)F)cc(CC#N)c1Br. The van der Waals surface area contributed by atoms with Gasteiger partial charge in [-0.25, -0.2) is 8.78 Å². The van der Waals surface area contributed by atoms with E-state index in [1.54, 1.807) is 6.92 Å². The van der Waals surface area contributed by atoms with Gasteiger partial charge in [0, 0.05) is 4.47 Å². The minimum absolute atomic E-state index is 0.101. The highest BCUT2D eigenvalue weighted by Gasteiger charge is 2.13. The van der Waals surface area contributed by atoms with E-state index in [9.17, 15) is 8.78 Å². The number of aryl methyl sites for hydroxylation is 1. The summed E-state index contributed by atoms with van der Waals surface area (Å²) in [5, 5.41) is 8.49. The predicted octanol–water partition coefficient (Wildman–Crippen LogP) is 3.16. The summed E-state index contributed by atoms with van der Waals surface area (Å²) in [6, 6.07) is 3.17. The van der Waals surface area contributed by atoms with Crippen LogP contribution in [0.25, 0.3) is 0 Å². The van der Waals surface area contributed by atoms with Gasteiger partial charge in [-0.15, -0.1) is 0 Å². The molecule has 1 aromatic heterocycles. The number of aromatic nitrogens is 1. The van der Waals surface area contributed by atoms with Crippen molar-refractivity contribution in [3.63, 3.8) is 0 Å². The Labute approximate surface area is 88.7 Å². The lowest BCUT2D eigenvalue weighted by molar-refractivity contribution is 0.145. The number of rotatable bonds is 2. The highest BCUT2D eigenvalue weighted by Crippen LogP contribution is 2.25. The lowest BCUT2D eigenvalue weighted by Crippen LogP contribution is -1.98. The van der Waals surface area contributed by atoms with Gasteiger partial charge in [-0.05, 0) is 34.5 Å². The first-order valence-electron chi connectivity index (χ1n) is 3.87. The van der Waals surface area contributed by atoms with E-state index in [4.69, 9.17) is 5.26 Å². The zero-order chi connectivity index (χ0) is 10.7. The van der Waals surface area contributed by atoms with Crippen LogP contribution < -0.4 is 0 Å². The van der Waals surface area contributed by atoms with Crippen LogP contribution in [0.15, 0.2) is 10.5 Å². The summed E-state index contributed by atoms with van der Waals surface area (Å²) >= 11 is 3.21. The fourth-order valence-corrected chi connectivity index (χ4v) is 1.42. The lowest BCUT2D eigenvalue weighted by atomic mass is 10.1. The fourth-order valence-electron chi connectivity index (χ4n) is 1.07. The largest absolute Gasteiger partial charge is 0.280 e. The van der Waals surface area contributed by atoms with E-state index in [0.29, 0.717) is 15.7 Å². The molecule has 0 aliphatic carbocycles. The summed E-state index contributed by atoms with van der Waals surface area (Å²) in [6.45, 7) is 1.62. The van der Waals surface area contributed by atoms with Gasteiger partial charge in [0.05, 0.1) is 18.2 Å². The number of alkyl halides is 2. The number of pyridine rings is 1. The molecule has 0 saturated carbocycles. The number of hydrogen-bond donors (Lipinski definition) is 0. The fraction of sp³-hybridized carbons (Fsp3) is 0.333. The molecule has 1 heterocycles. The second-order valence-electron chi connectivity index (χ2n) is 2.74. The Bertz CT molecular complexity index is 385. The molecule has 0 fully saturated rings. The zero-order valence-corrected chi connectivity index (χ0v) is 8.98. The first-order chi connectivity index (χ1) is 6.56. The summed E-state index contributed by atoms with van der Waals surface area (Å²) in [5.41, 5.74) is 0.749. The third-order valence-corrected chi connectivity index (χ3v) is 2.79. The summed E-state index contributed by atoms with van der Waals surface area (Å²) in [4.78, 5) is 3.71. The molecule has 0 spiro atoms. The highest BCUT2D eigenvalue weighted by molar-refractivity contribution is 9.10. The number of nitriles is 1.